The van der Waals surface area contributed by atoms with Gasteiger partial charge in [-0.1, -0.05) is 81.4 Å². The van der Waals surface area contributed by atoms with Crippen LogP contribution in [0.2, 0.25) is 0 Å². The SMILES string of the molecule is COc1ccc(S(=O)(=O)N(CC(C)C)CC(O)C(Cc2ccccc2)NC(=O)C(C)C(C)(C)C(=O)OCc2ccccc2)cc1. The summed E-state index contributed by atoms with van der Waals surface area (Å²) in [7, 11) is -2.49. The first-order chi connectivity index (χ1) is 21.2. The second-order valence-electron chi connectivity index (χ2n) is 12.3. The minimum Gasteiger partial charge on any atom is -0.497 e. The summed E-state index contributed by atoms with van der Waals surface area (Å²) in [5.41, 5.74) is 0.507. The Labute approximate surface area is 267 Å². The molecule has 3 unspecified atom stereocenters. The van der Waals surface area contributed by atoms with Crippen LogP contribution in [0.1, 0.15) is 45.7 Å². The van der Waals surface area contributed by atoms with E-state index in [9.17, 15) is 23.1 Å². The van der Waals surface area contributed by atoms with Crippen LogP contribution in [-0.4, -0.2) is 62.1 Å². The highest BCUT2D eigenvalue weighted by atomic mass is 32.2. The molecule has 0 saturated carbocycles. The molecule has 0 aliphatic heterocycles. The first-order valence-electron chi connectivity index (χ1n) is 15.1. The first kappa shape index (κ1) is 35.7. The summed E-state index contributed by atoms with van der Waals surface area (Å²) in [6.07, 6.45) is -1.02. The van der Waals surface area contributed by atoms with Crippen LogP contribution < -0.4 is 10.1 Å². The van der Waals surface area contributed by atoms with E-state index >= 15 is 0 Å². The van der Waals surface area contributed by atoms with Gasteiger partial charge in [0.1, 0.15) is 12.4 Å². The molecule has 0 saturated heterocycles. The number of amides is 1. The Bertz CT molecular complexity index is 1480. The molecule has 3 aromatic carbocycles. The average molecular weight is 639 g/mol. The summed E-state index contributed by atoms with van der Waals surface area (Å²) in [6.45, 7) is 8.73. The summed E-state index contributed by atoms with van der Waals surface area (Å²) in [5.74, 6) is -1.31. The van der Waals surface area contributed by atoms with E-state index in [2.05, 4.69) is 5.32 Å². The maximum absolute atomic E-state index is 13.7. The van der Waals surface area contributed by atoms with Crippen molar-refractivity contribution in [2.45, 2.75) is 64.7 Å². The third-order valence-corrected chi connectivity index (χ3v) is 9.81. The van der Waals surface area contributed by atoms with Crippen LogP contribution >= 0.6 is 0 Å². The van der Waals surface area contributed by atoms with Crippen molar-refractivity contribution in [3.05, 3.63) is 96.1 Å². The maximum Gasteiger partial charge on any atom is 0.312 e. The zero-order chi connectivity index (χ0) is 33.2. The molecule has 2 N–H and O–H groups in total. The molecule has 0 spiro atoms. The van der Waals surface area contributed by atoms with Crippen LogP contribution in [0.3, 0.4) is 0 Å². The van der Waals surface area contributed by atoms with Gasteiger partial charge in [-0.3, -0.25) is 9.59 Å². The molecule has 3 aromatic rings. The molecule has 0 heterocycles. The van der Waals surface area contributed by atoms with Gasteiger partial charge in [-0.25, -0.2) is 8.42 Å². The number of benzene rings is 3. The number of aliphatic hydroxyl groups is 1. The van der Waals surface area contributed by atoms with Crippen molar-refractivity contribution >= 4 is 21.9 Å². The number of aliphatic hydroxyl groups excluding tert-OH is 1. The summed E-state index contributed by atoms with van der Waals surface area (Å²) in [6, 6.07) is 23.8. The minimum atomic E-state index is -3.99. The summed E-state index contributed by atoms with van der Waals surface area (Å²) in [4.78, 5) is 26.8. The van der Waals surface area contributed by atoms with Crippen molar-refractivity contribution in [1.29, 1.82) is 0 Å². The number of nitrogens with one attached hydrogen (secondary N) is 1. The highest BCUT2D eigenvalue weighted by Gasteiger charge is 2.41. The Morgan fingerprint density at radius 3 is 1.96 bits per heavy atom. The van der Waals surface area contributed by atoms with Crippen LogP contribution in [0.25, 0.3) is 0 Å². The predicted octanol–water partition coefficient (Wildman–Crippen LogP) is 4.84. The van der Waals surface area contributed by atoms with Gasteiger partial charge in [-0.15, -0.1) is 0 Å². The maximum atomic E-state index is 13.7. The first-order valence-corrected chi connectivity index (χ1v) is 16.6. The van der Waals surface area contributed by atoms with E-state index < -0.39 is 45.4 Å². The van der Waals surface area contributed by atoms with Gasteiger partial charge in [0.05, 0.1) is 35.5 Å². The van der Waals surface area contributed by atoms with E-state index in [4.69, 9.17) is 9.47 Å². The lowest BCUT2D eigenvalue weighted by Crippen LogP contribution is -2.53. The van der Waals surface area contributed by atoms with Crippen LogP contribution in [0.4, 0.5) is 0 Å². The summed E-state index contributed by atoms with van der Waals surface area (Å²) >= 11 is 0. The van der Waals surface area contributed by atoms with Gasteiger partial charge in [0.2, 0.25) is 15.9 Å². The van der Waals surface area contributed by atoms with Crippen molar-refractivity contribution in [3.8, 4) is 5.75 Å². The Morgan fingerprint density at radius 2 is 1.42 bits per heavy atom. The Hall–Kier alpha value is -3.73. The molecule has 0 aliphatic carbocycles. The van der Waals surface area contributed by atoms with E-state index in [0.29, 0.717) is 5.75 Å². The zero-order valence-corrected chi connectivity index (χ0v) is 27.8. The molecule has 0 bridgehead atoms. The quantitative estimate of drug-likeness (QED) is 0.216. The molecule has 3 atom stereocenters. The fraction of sp³-hybridized carbons (Fsp3) is 0.429. The second-order valence-corrected chi connectivity index (χ2v) is 14.2. The van der Waals surface area contributed by atoms with Gasteiger partial charge in [-0.2, -0.15) is 4.31 Å². The number of ether oxygens (including phenoxy) is 2. The van der Waals surface area contributed by atoms with Crippen molar-refractivity contribution in [2.24, 2.45) is 17.3 Å². The standard InChI is InChI=1S/C35H46N2O7S/c1-25(2)22-37(45(41,42)30-19-17-29(43-6)18-20-30)23-32(38)31(21-27-13-9-7-10-14-27)36-33(39)26(3)35(4,5)34(40)44-24-28-15-11-8-12-16-28/h7-20,25-26,31-32,38H,21-24H2,1-6H3,(H,36,39). The molecule has 0 aromatic heterocycles. The summed E-state index contributed by atoms with van der Waals surface area (Å²) < 4.78 is 39.4. The van der Waals surface area contributed by atoms with Gasteiger partial charge < -0.3 is 19.9 Å². The van der Waals surface area contributed by atoms with Gasteiger partial charge in [0.25, 0.3) is 0 Å². The lowest BCUT2D eigenvalue weighted by Gasteiger charge is -2.33. The average Bonchev–Trinajstić information content (AvgIpc) is 3.03. The third kappa shape index (κ3) is 9.88. The highest BCUT2D eigenvalue weighted by Crippen LogP contribution is 2.29. The molecule has 3 rings (SSSR count). The van der Waals surface area contributed by atoms with Crippen LogP contribution in [-0.2, 0) is 37.4 Å². The number of nitrogens with zero attached hydrogens (tertiary/aromatic N) is 1. The molecule has 1 amide bonds. The molecule has 0 aliphatic rings. The van der Waals surface area contributed by atoms with E-state index in [0.717, 1.165) is 11.1 Å². The lowest BCUT2D eigenvalue weighted by atomic mass is 9.79. The molecule has 10 heteroatoms. The van der Waals surface area contributed by atoms with Crippen molar-refractivity contribution < 1.29 is 32.6 Å². The predicted molar refractivity (Wildman–Crippen MR) is 174 cm³/mol. The molecular weight excluding hydrogens is 592 g/mol. The highest BCUT2D eigenvalue weighted by molar-refractivity contribution is 7.89. The molecule has 0 fully saturated rings. The monoisotopic (exact) mass is 638 g/mol. The number of esters is 1. The van der Waals surface area contributed by atoms with Gasteiger partial charge in [0, 0.05) is 13.1 Å². The van der Waals surface area contributed by atoms with Gasteiger partial charge >= 0.3 is 5.97 Å². The van der Waals surface area contributed by atoms with Crippen molar-refractivity contribution in [1.82, 2.24) is 9.62 Å². The fourth-order valence-corrected chi connectivity index (χ4v) is 6.40. The fourth-order valence-electron chi connectivity index (χ4n) is 4.78. The second kappa shape index (κ2) is 16.0. The number of methoxy groups -OCH3 is 1. The van der Waals surface area contributed by atoms with Gasteiger partial charge in [0.15, 0.2) is 0 Å². The zero-order valence-electron chi connectivity index (χ0n) is 27.0. The minimum absolute atomic E-state index is 0.0323. The Kier molecular flexibility index (Phi) is 12.7. The summed E-state index contributed by atoms with van der Waals surface area (Å²) in [5, 5.41) is 14.5. The van der Waals surface area contributed by atoms with Crippen molar-refractivity contribution in [2.75, 3.05) is 20.2 Å². The molecule has 9 nitrogen and oxygen atoms in total. The smallest absolute Gasteiger partial charge is 0.312 e. The molecule has 45 heavy (non-hydrogen) atoms. The van der Waals surface area contributed by atoms with E-state index in [1.807, 2.05) is 74.5 Å². The molecule has 244 valence electrons. The Morgan fingerprint density at radius 1 is 0.867 bits per heavy atom. The van der Waals surface area contributed by atoms with E-state index in [1.165, 1.54) is 23.5 Å². The number of hydrogen-bond acceptors (Lipinski definition) is 7. The number of hydrogen-bond donors (Lipinski definition) is 2. The lowest BCUT2D eigenvalue weighted by molar-refractivity contribution is -0.161. The molecule has 0 radical (unpaired) electrons. The number of carbonyl (C=O) groups is 2. The largest absolute Gasteiger partial charge is 0.497 e. The van der Waals surface area contributed by atoms with E-state index in [-0.39, 0.29) is 36.9 Å². The topological polar surface area (TPSA) is 122 Å². The van der Waals surface area contributed by atoms with Crippen LogP contribution in [0.15, 0.2) is 89.8 Å². The van der Waals surface area contributed by atoms with Crippen molar-refractivity contribution in [3.63, 3.8) is 0 Å². The normalized spacial score (nSPS) is 14.1. The van der Waals surface area contributed by atoms with Crippen LogP contribution in [0.5, 0.6) is 5.75 Å². The van der Waals surface area contributed by atoms with E-state index in [1.54, 1.807) is 32.9 Å². The van der Waals surface area contributed by atoms with Gasteiger partial charge in [-0.05, 0) is 61.6 Å². The number of carbonyl (C=O) groups excluding carboxylic acids is 2. The third-order valence-electron chi connectivity index (χ3n) is 7.96. The van der Waals surface area contributed by atoms with Crippen LogP contribution in [0, 0.1) is 17.3 Å². The Balaban J connectivity index is 1.82. The number of rotatable bonds is 16. The molecular formula is C35H46N2O7S. The number of sulfonamides is 1.